The summed E-state index contributed by atoms with van der Waals surface area (Å²) in [6.07, 6.45) is 3.49. The van der Waals surface area contributed by atoms with Crippen LogP contribution in [0, 0.1) is 6.92 Å². The van der Waals surface area contributed by atoms with Gasteiger partial charge in [0.15, 0.2) is 0 Å². The topological polar surface area (TPSA) is 108 Å². The second-order valence-electron chi connectivity index (χ2n) is 5.35. The molecule has 0 amide bonds. The molecule has 0 aliphatic carbocycles. The van der Waals surface area contributed by atoms with Crippen LogP contribution in [0.5, 0.6) is 5.75 Å². The maximum atomic E-state index is 8.87. The summed E-state index contributed by atoms with van der Waals surface area (Å²) in [4.78, 5) is 16.1. The lowest BCUT2D eigenvalue weighted by atomic mass is 10.1. The highest BCUT2D eigenvalue weighted by Crippen LogP contribution is 2.31. The number of ether oxygens (including phenoxy) is 1. The fraction of sp³-hybridized carbons (Fsp3) is 0.235. The number of H-pyrrole nitrogens is 1. The molecule has 0 atom stereocenters. The summed E-state index contributed by atoms with van der Waals surface area (Å²) in [6, 6.07) is 7.44. The third-order valence-corrected chi connectivity index (χ3v) is 3.49. The Morgan fingerprint density at radius 3 is 2.84 bits per heavy atom. The van der Waals surface area contributed by atoms with Crippen LogP contribution in [-0.4, -0.2) is 45.3 Å². The molecule has 0 saturated heterocycles. The van der Waals surface area contributed by atoms with E-state index in [9.17, 15) is 0 Å². The van der Waals surface area contributed by atoms with Gasteiger partial charge in [-0.3, -0.25) is 0 Å². The normalized spacial score (nSPS) is 10.5. The van der Waals surface area contributed by atoms with Gasteiger partial charge in [-0.25, -0.2) is 9.97 Å². The largest absolute Gasteiger partial charge is 0.496 e. The molecule has 0 fully saturated rings. The van der Waals surface area contributed by atoms with Crippen LogP contribution in [0.25, 0.3) is 11.4 Å². The summed E-state index contributed by atoms with van der Waals surface area (Å²) >= 11 is 0. The molecular formula is C17H20N6O2. The van der Waals surface area contributed by atoms with Gasteiger partial charge >= 0.3 is 0 Å². The Morgan fingerprint density at radius 2 is 2.12 bits per heavy atom. The number of nitrogens with one attached hydrogen (secondary N) is 3. The number of aryl methyl sites for hydroxylation is 1. The number of hydrogen-bond acceptors (Lipinski definition) is 7. The van der Waals surface area contributed by atoms with E-state index < -0.39 is 0 Å². The number of aromatic amines is 1. The summed E-state index contributed by atoms with van der Waals surface area (Å²) in [5, 5.41) is 15.0. The second-order valence-corrected chi connectivity index (χ2v) is 5.35. The van der Waals surface area contributed by atoms with Crippen LogP contribution in [0.3, 0.4) is 0 Å². The number of aliphatic hydroxyl groups excluding tert-OH is 1. The van der Waals surface area contributed by atoms with Crippen molar-refractivity contribution in [3.8, 4) is 17.1 Å². The van der Waals surface area contributed by atoms with Crippen molar-refractivity contribution in [3.63, 3.8) is 0 Å². The van der Waals surface area contributed by atoms with E-state index in [4.69, 9.17) is 9.84 Å². The number of nitrogens with zero attached hydrogens (tertiary/aromatic N) is 3. The van der Waals surface area contributed by atoms with Gasteiger partial charge < -0.3 is 25.5 Å². The van der Waals surface area contributed by atoms with Crippen LogP contribution in [-0.2, 0) is 0 Å². The van der Waals surface area contributed by atoms with E-state index in [1.165, 1.54) is 0 Å². The van der Waals surface area contributed by atoms with E-state index in [1.807, 2.05) is 31.3 Å². The summed E-state index contributed by atoms with van der Waals surface area (Å²) in [5.74, 6) is 2.54. The Morgan fingerprint density at radius 1 is 1.24 bits per heavy atom. The Hall–Kier alpha value is -3.13. The lowest BCUT2D eigenvalue weighted by molar-refractivity contribution is 0.311. The van der Waals surface area contributed by atoms with E-state index in [0.29, 0.717) is 24.1 Å². The molecular weight excluding hydrogens is 320 g/mol. The maximum Gasteiger partial charge on any atom is 0.229 e. The van der Waals surface area contributed by atoms with Gasteiger partial charge in [-0.05, 0) is 25.1 Å². The monoisotopic (exact) mass is 340 g/mol. The zero-order valence-corrected chi connectivity index (χ0v) is 14.1. The van der Waals surface area contributed by atoms with Gasteiger partial charge in [0.05, 0.1) is 25.0 Å². The molecule has 0 saturated carbocycles. The molecule has 2 aromatic heterocycles. The van der Waals surface area contributed by atoms with Gasteiger partial charge in [0, 0.05) is 30.7 Å². The fourth-order valence-corrected chi connectivity index (χ4v) is 2.35. The summed E-state index contributed by atoms with van der Waals surface area (Å²) in [7, 11) is 1.62. The molecule has 0 aliphatic rings. The van der Waals surface area contributed by atoms with Crippen molar-refractivity contribution < 1.29 is 9.84 Å². The quantitative estimate of drug-likeness (QED) is 0.523. The predicted molar refractivity (Wildman–Crippen MR) is 96.2 cm³/mol. The molecule has 0 radical (unpaired) electrons. The molecule has 1 aromatic carbocycles. The summed E-state index contributed by atoms with van der Waals surface area (Å²) in [5.41, 5.74) is 2.59. The summed E-state index contributed by atoms with van der Waals surface area (Å²) < 4.78 is 5.48. The third kappa shape index (κ3) is 4.04. The minimum atomic E-state index is 0.0394. The van der Waals surface area contributed by atoms with Gasteiger partial charge in [-0.15, -0.1) is 0 Å². The van der Waals surface area contributed by atoms with Crippen LogP contribution in [0.4, 0.5) is 17.5 Å². The minimum absolute atomic E-state index is 0.0394. The number of aromatic nitrogens is 4. The average Bonchev–Trinajstić information content (AvgIpc) is 3.06. The highest BCUT2D eigenvalue weighted by Gasteiger charge is 2.10. The molecule has 4 N–H and O–H groups in total. The van der Waals surface area contributed by atoms with Crippen LogP contribution in [0.2, 0.25) is 0 Å². The standard InChI is InChI=1S/C17H20N6O2/c1-11-10-20-16(21-11)13-4-3-12(9-14(13)25-2)22-17-19-6-5-15(23-17)18-7-8-24/h3-6,9-10,24H,7-8H2,1-2H3,(H,20,21)(H2,18,19,22,23). The van der Waals surface area contributed by atoms with Crippen LogP contribution < -0.4 is 15.4 Å². The Bertz CT molecular complexity index is 849. The molecule has 130 valence electrons. The number of methoxy groups -OCH3 is 1. The van der Waals surface area contributed by atoms with E-state index in [0.717, 1.165) is 22.8 Å². The van der Waals surface area contributed by atoms with Crippen molar-refractivity contribution in [1.29, 1.82) is 0 Å². The highest BCUT2D eigenvalue weighted by molar-refractivity contribution is 5.70. The van der Waals surface area contributed by atoms with Crippen molar-refractivity contribution in [2.24, 2.45) is 0 Å². The van der Waals surface area contributed by atoms with Gasteiger partial charge in [-0.1, -0.05) is 0 Å². The molecule has 3 rings (SSSR count). The zero-order chi connectivity index (χ0) is 17.6. The first kappa shape index (κ1) is 16.7. The molecule has 8 nitrogen and oxygen atoms in total. The number of imidazole rings is 1. The number of benzene rings is 1. The molecule has 0 spiro atoms. The molecule has 2 heterocycles. The van der Waals surface area contributed by atoms with Crippen LogP contribution in [0.1, 0.15) is 5.69 Å². The van der Waals surface area contributed by atoms with Crippen molar-refractivity contribution in [3.05, 3.63) is 42.4 Å². The smallest absolute Gasteiger partial charge is 0.229 e. The zero-order valence-electron chi connectivity index (χ0n) is 14.1. The highest BCUT2D eigenvalue weighted by atomic mass is 16.5. The molecule has 0 aliphatic heterocycles. The average molecular weight is 340 g/mol. The Balaban J connectivity index is 1.81. The fourth-order valence-electron chi connectivity index (χ4n) is 2.35. The second kappa shape index (κ2) is 7.63. The van der Waals surface area contributed by atoms with Crippen molar-refractivity contribution in [2.45, 2.75) is 6.92 Å². The number of rotatable bonds is 7. The SMILES string of the molecule is COc1cc(Nc2nccc(NCCO)n2)ccc1-c1nc(C)c[nH]1. The molecule has 3 aromatic rings. The van der Waals surface area contributed by atoms with Crippen LogP contribution >= 0.6 is 0 Å². The van der Waals surface area contributed by atoms with Crippen molar-refractivity contribution >= 4 is 17.5 Å². The minimum Gasteiger partial charge on any atom is -0.496 e. The molecule has 25 heavy (non-hydrogen) atoms. The Labute approximate surface area is 145 Å². The van der Waals surface area contributed by atoms with E-state index >= 15 is 0 Å². The van der Waals surface area contributed by atoms with Gasteiger partial charge in [-0.2, -0.15) is 4.98 Å². The van der Waals surface area contributed by atoms with Crippen molar-refractivity contribution in [2.75, 3.05) is 30.9 Å². The van der Waals surface area contributed by atoms with Crippen molar-refractivity contribution in [1.82, 2.24) is 19.9 Å². The lowest BCUT2D eigenvalue weighted by Gasteiger charge is -2.11. The number of aliphatic hydroxyl groups is 1. The van der Waals surface area contributed by atoms with Gasteiger partial charge in [0.25, 0.3) is 0 Å². The van der Waals surface area contributed by atoms with Gasteiger partial charge in [0.2, 0.25) is 5.95 Å². The number of anilines is 3. The maximum absolute atomic E-state index is 8.87. The third-order valence-electron chi connectivity index (χ3n) is 3.49. The molecule has 8 heteroatoms. The van der Waals surface area contributed by atoms with E-state index in [-0.39, 0.29) is 6.61 Å². The van der Waals surface area contributed by atoms with Crippen LogP contribution in [0.15, 0.2) is 36.7 Å². The molecule has 0 bridgehead atoms. The first-order chi connectivity index (χ1) is 12.2. The van der Waals surface area contributed by atoms with Gasteiger partial charge in [0.1, 0.15) is 17.4 Å². The lowest BCUT2D eigenvalue weighted by Crippen LogP contribution is -2.08. The number of hydrogen-bond donors (Lipinski definition) is 4. The summed E-state index contributed by atoms with van der Waals surface area (Å²) in [6.45, 7) is 2.40. The molecule has 0 unspecified atom stereocenters. The van der Waals surface area contributed by atoms with E-state index in [2.05, 4.69) is 30.6 Å². The first-order valence-electron chi connectivity index (χ1n) is 7.85. The predicted octanol–water partition coefficient (Wildman–Crippen LogP) is 2.33. The van der Waals surface area contributed by atoms with E-state index in [1.54, 1.807) is 19.4 Å². The first-order valence-corrected chi connectivity index (χ1v) is 7.85. The Kier molecular flexibility index (Phi) is 5.10.